The zero-order valence-electron chi connectivity index (χ0n) is 17.3. The number of methoxy groups -OCH3 is 1. The van der Waals surface area contributed by atoms with Crippen molar-refractivity contribution in [2.24, 2.45) is 5.41 Å². The fraction of sp³-hybridized carbons (Fsp3) is 0.192. The Morgan fingerprint density at radius 1 is 1.09 bits per heavy atom. The third kappa shape index (κ3) is 2.77. The first-order valence-corrected chi connectivity index (χ1v) is 11.2. The number of anilines is 1. The molecule has 3 heterocycles. The molecular formula is C26H19N3O2S. The smallest absolute Gasteiger partial charge is 0.185 e. The minimum atomic E-state index is -1.40. The lowest BCUT2D eigenvalue weighted by atomic mass is 9.69. The van der Waals surface area contributed by atoms with E-state index in [0.717, 1.165) is 16.8 Å². The molecule has 5 rings (SSSR count). The molecule has 32 heavy (non-hydrogen) atoms. The highest BCUT2D eigenvalue weighted by Gasteiger charge is 2.63. The molecule has 2 aliphatic heterocycles. The first-order valence-electron chi connectivity index (χ1n) is 10.2. The predicted molar refractivity (Wildman–Crippen MR) is 124 cm³/mol. The number of thiophene rings is 1. The molecule has 0 amide bonds. The number of fused-ring (bicyclic) bond motifs is 3. The van der Waals surface area contributed by atoms with Crippen LogP contribution in [-0.2, 0) is 0 Å². The molecule has 0 unspecified atom stereocenters. The Morgan fingerprint density at radius 2 is 1.84 bits per heavy atom. The van der Waals surface area contributed by atoms with E-state index in [-0.39, 0.29) is 5.78 Å². The molecule has 3 aromatic rings. The van der Waals surface area contributed by atoms with Crippen LogP contribution in [0.1, 0.15) is 27.4 Å². The van der Waals surface area contributed by atoms with Crippen molar-refractivity contribution in [3.05, 3.63) is 88.1 Å². The van der Waals surface area contributed by atoms with Crippen LogP contribution < -0.4 is 9.64 Å². The second-order valence-electron chi connectivity index (χ2n) is 7.93. The summed E-state index contributed by atoms with van der Waals surface area (Å²) in [5.74, 6) is -0.0552. The number of Topliss-reactive ketones (excluding diaryl/α,β-unsaturated/α-hetero) is 1. The van der Waals surface area contributed by atoms with Gasteiger partial charge in [-0.15, -0.1) is 0 Å². The Kier molecular flexibility index (Phi) is 4.81. The normalized spacial score (nSPS) is 22.3. The van der Waals surface area contributed by atoms with Gasteiger partial charge in [0.25, 0.3) is 0 Å². The molecule has 0 saturated carbocycles. The van der Waals surface area contributed by atoms with Gasteiger partial charge >= 0.3 is 0 Å². The average Bonchev–Trinajstić information content (AvgIpc) is 3.48. The van der Waals surface area contributed by atoms with E-state index >= 15 is 0 Å². The number of benzene rings is 2. The first-order chi connectivity index (χ1) is 15.6. The minimum Gasteiger partial charge on any atom is -0.497 e. The van der Waals surface area contributed by atoms with E-state index in [2.05, 4.69) is 12.1 Å². The lowest BCUT2D eigenvalue weighted by molar-refractivity contribution is 0.0951. The van der Waals surface area contributed by atoms with E-state index in [9.17, 15) is 15.3 Å². The van der Waals surface area contributed by atoms with Crippen LogP contribution in [0.15, 0.2) is 71.4 Å². The SMILES string of the molecule is COc1ccc(C(=O)[C@H]2[C@H](c3ccsc3)C(C#N)(C#N)[C@H]3C=Cc4ccccc4N23)cc1. The molecule has 1 aromatic heterocycles. The topological polar surface area (TPSA) is 77.1 Å². The highest BCUT2D eigenvalue weighted by molar-refractivity contribution is 7.08. The summed E-state index contributed by atoms with van der Waals surface area (Å²) in [7, 11) is 1.58. The number of carbonyl (C=O) groups excluding carboxylic acids is 1. The van der Waals surface area contributed by atoms with Gasteiger partial charge in [0, 0.05) is 17.2 Å². The number of nitrogens with zero attached hydrogens (tertiary/aromatic N) is 3. The van der Waals surface area contributed by atoms with E-state index in [1.54, 1.807) is 31.4 Å². The summed E-state index contributed by atoms with van der Waals surface area (Å²) in [5.41, 5.74) is 1.78. The molecule has 6 heteroatoms. The molecule has 1 saturated heterocycles. The molecule has 0 bridgehead atoms. The van der Waals surface area contributed by atoms with Gasteiger partial charge in [0.1, 0.15) is 11.8 Å². The maximum atomic E-state index is 14.0. The van der Waals surface area contributed by atoms with Gasteiger partial charge in [-0.05, 0) is 58.3 Å². The van der Waals surface area contributed by atoms with Crippen molar-refractivity contribution in [2.75, 3.05) is 12.0 Å². The van der Waals surface area contributed by atoms with Crippen LogP contribution in [0.5, 0.6) is 5.75 Å². The fourth-order valence-electron chi connectivity index (χ4n) is 4.99. The van der Waals surface area contributed by atoms with Gasteiger partial charge in [-0.2, -0.15) is 21.9 Å². The van der Waals surface area contributed by atoms with Crippen molar-refractivity contribution >= 4 is 28.9 Å². The predicted octanol–water partition coefficient (Wildman–Crippen LogP) is 5.04. The average molecular weight is 438 g/mol. The number of rotatable bonds is 4. The highest BCUT2D eigenvalue weighted by atomic mass is 32.1. The van der Waals surface area contributed by atoms with E-state index < -0.39 is 23.4 Å². The summed E-state index contributed by atoms with van der Waals surface area (Å²) in [4.78, 5) is 16.0. The summed E-state index contributed by atoms with van der Waals surface area (Å²) >= 11 is 1.50. The highest BCUT2D eigenvalue weighted by Crippen LogP contribution is 2.55. The lowest BCUT2D eigenvalue weighted by Crippen LogP contribution is -2.44. The van der Waals surface area contributed by atoms with Gasteiger partial charge in [0.2, 0.25) is 0 Å². The fourth-order valence-corrected chi connectivity index (χ4v) is 5.68. The molecule has 1 fully saturated rings. The van der Waals surface area contributed by atoms with E-state index in [1.807, 2.05) is 58.1 Å². The van der Waals surface area contributed by atoms with Gasteiger partial charge < -0.3 is 9.64 Å². The summed E-state index contributed by atoms with van der Waals surface area (Å²) < 4.78 is 5.24. The number of nitriles is 2. The molecule has 0 radical (unpaired) electrons. The second-order valence-corrected chi connectivity index (χ2v) is 8.71. The number of carbonyl (C=O) groups is 1. The van der Waals surface area contributed by atoms with Crippen LogP contribution in [0.2, 0.25) is 0 Å². The number of hydrogen-bond acceptors (Lipinski definition) is 6. The van der Waals surface area contributed by atoms with E-state index in [1.165, 1.54) is 11.3 Å². The molecule has 2 aromatic carbocycles. The third-order valence-corrected chi connectivity index (χ3v) is 7.16. The molecule has 0 N–H and O–H groups in total. The van der Waals surface area contributed by atoms with Gasteiger partial charge in [-0.1, -0.05) is 30.4 Å². The monoisotopic (exact) mass is 437 g/mol. The van der Waals surface area contributed by atoms with Gasteiger partial charge in [0.15, 0.2) is 11.2 Å². The minimum absolute atomic E-state index is 0.119. The summed E-state index contributed by atoms with van der Waals surface area (Å²) in [6, 6.07) is 20.1. The molecule has 3 atom stereocenters. The Balaban J connectivity index is 1.74. The van der Waals surface area contributed by atoms with Crippen LogP contribution in [0, 0.1) is 28.1 Å². The van der Waals surface area contributed by atoms with E-state index in [0.29, 0.717) is 11.3 Å². The largest absolute Gasteiger partial charge is 0.497 e. The zero-order chi connectivity index (χ0) is 22.3. The molecular weight excluding hydrogens is 418 g/mol. The number of ketones is 1. The van der Waals surface area contributed by atoms with Crippen molar-refractivity contribution in [3.8, 4) is 17.9 Å². The van der Waals surface area contributed by atoms with Crippen LogP contribution in [-0.4, -0.2) is 25.0 Å². The Bertz CT molecular complexity index is 1270. The quantitative estimate of drug-likeness (QED) is 0.535. The maximum absolute atomic E-state index is 14.0. The maximum Gasteiger partial charge on any atom is 0.185 e. The third-order valence-electron chi connectivity index (χ3n) is 6.46. The standard InChI is InChI=1S/C26H19N3O2S/c1-31-20-9-6-18(7-10-20)25(30)24-23(19-12-13-32-14-19)26(15-27,16-28)22-11-8-17-4-2-3-5-21(17)29(22)24/h2-14,22-24H,1H3/t22-,23+,24-/m1/s1. The Labute approximate surface area is 190 Å². The van der Waals surface area contributed by atoms with Gasteiger partial charge in [0.05, 0.1) is 25.3 Å². The summed E-state index contributed by atoms with van der Waals surface area (Å²) in [6.07, 6.45) is 3.85. The lowest BCUT2D eigenvalue weighted by Gasteiger charge is -2.35. The van der Waals surface area contributed by atoms with Crippen molar-refractivity contribution in [2.45, 2.75) is 18.0 Å². The second kappa shape index (κ2) is 7.67. The number of ether oxygens (including phenoxy) is 1. The summed E-state index contributed by atoms with van der Waals surface area (Å²) in [6.45, 7) is 0. The first kappa shape index (κ1) is 20.1. The van der Waals surface area contributed by atoms with E-state index in [4.69, 9.17) is 4.74 Å². The zero-order valence-corrected chi connectivity index (χ0v) is 18.1. The van der Waals surface area contributed by atoms with Crippen LogP contribution in [0.3, 0.4) is 0 Å². The van der Waals surface area contributed by atoms with Crippen molar-refractivity contribution in [1.29, 1.82) is 10.5 Å². The number of hydrogen-bond donors (Lipinski definition) is 0. The van der Waals surface area contributed by atoms with Crippen molar-refractivity contribution in [1.82, 2.24) is 0 Å². The van der Waals surface area contributed by atoms with Gasteiger partial charge in [-0.25, -0.2) is 0 Å². The van der Waals surface area contributed by atoms with Gasteiger partial charge in [-0.3, -0.25) is 4.79 Å². The molecule has 2 aliphatic rings. The Hall–Kier alpha value is -3.87. The van der Waals surface area contributed by atoms with Crippen molar-refractivity contribution < 1.29 is 9.53 Å². The van der Waals surface area contributed by atoms with Crippen LogP contribution in [0.4, 0.5) is 5.69 Å². The van der Waals surface area contributed by atoms with Crippen LogP contribution in [0.25, 0.3) is 6.08 Å². The Morgan fingerprint density at radius 3 is 2.50 bits per heavy atom. The molecule has 0 aliphatic carbocycles. The molecule has 0 spiro atoms. The molecule has 5 nitrogen and oxygen atoms in total. The van der Waals surface area contributed by atoms with Crippen LogP contribution >= 0.6 is 11.3 Å². The molecule has 156 valence electrons. The summed E-state index contributed by atoms with van der Waals surface area (Å²) in [5, 5.41) is 24.6. The number of para-hydroxylation sites is 1. The van der Waals surface area contributed by atoms with Crippen molar-refractivity contribution in [3.63, 3.8) is 0 Å².